The van der Waals surface area contributed by atoms with E-state index in [1.54, 1.807) is 18.2 Å². The average Bonchev–Trinajstić information content (AvgIpc) is 2.61. The van der Waals surface area contributed by atoms with Crippen molar-refractivity contribution in [1.82, 2.24) is 10.2 Å². The van der Waals surface area contributed by atoms with E-state index in [1.807, 2.05) is 18.2 Å². The second kappa shape index (κ2) is 8.29. The van der Waals surface area contributed by atoms with Crippen molar-refractivity contribution in [3.63, 3.8) is 0 Å². The highest BCUT2D eigenvalue weighted by molar-refractivity contribution is 9.11. The maximum atomic E-state index is 9.78. The van der Waals surface area contributed by atoms with Gasteiger partial charge in [0.25, 0.3) is 0 Å². The van der Waals surface area contributed by atoms with E-state index < -0.39 is 0 Å². The quantitative estimate of drug-likeness (QED) is 0.457. The summed E-state index contributed by atoms with van der Waals surface area (Å²) in [6.45, 7) is 0.534. The first kappa shape index (κ1) is 18.4. The number of phenols is 1. The fraction of sp³-hybridized carbons (Fsp3) is 0.111. The van der Waals surface area contributed by atoms with E-state index in [0.717, 1.165) is 16.5 Å². The van der Waals surface area contributed by atoms with Gasteiger partial charge in [-0.05, 0) is 67.8 Å². The highest BCUT2D eigenvalue weighted by atomic mass is 79.9. The largest absolute Gasteiger partial charge is 0.506 e. The van der Waals surface area contributed by atoms with Gasteiger partial charge >= 0.3 is 0 Å². The van der Waals surface area contributed by atoms with E-state index in [4.69, 9.17) is 4.74 Å². The summed E-state index contributed by atoms with van der Waals surface area (Å²) >= 11 is 10.0. The van der Waals surface area contributed by atoms with Crippen LogP contribution in [0.3, 0.4) is 0 Å². The first-order chi connectivity index (χ1) is 12.0. The molecule has 2 aromatic carbocycles. The highest BCUT2D eigenvalue weighted by Gasteiger charge is 2.09. The van der Waals surface area contributed by atoms with Crippen LogP contribution in [0.4, 0.5) is 0 Å². The Labute approximate surface area is 170 Å². The standard InChI is InChI=1S/C18H13Br3N2O2/c19-13-3-1-11(2-4-13)7-8-25-17-6-5-16(22-23-17)12-9-14(20)18(24)15(21)10-12/h1-6,9-10,24H,7-8H2. The SMILES string of the molecule is Oc1c(Br)cc(-c2ccc(OCCc3ccc(Br)cc3)nn2)cc1Br. The van der Waals surface area contributed by atoms with E-state index in [1.165, 1.54) is 5.56 Å². The van der Waals surface area contributed by atoms with Gasteiger partial charge in [0, 0.05) is 22.5 Å². The molecule has 1 N–H and O–H groups in total. The lowest BCUT2D eigenvalue weighted by atomic mass is 10.1. The van der Waals surface area contributed by atoms with Crippen LogP contribution in [-0.4, -0.2) is 21.9 Å². The summed E-state index contributed by atoms with van der Waals surface area (Å²) in [4.78, 5) is 0. The van der Waals surface area contributed by atoms with Crippen molar-refractivity contribution >= 4 is 47.8 Å². The lowest BCUT2D eigenvalue weighted by Gasteiger charge is -2.07. The van der Waals surface area contributed by atoms with Gasteiger partial charge in [0.05, 0.1) is 21.2 Å². The summed E-state index contributed by atoms with van der Waals surface area (Å²) in [5, 5.41) is 18.1. The molecule has 1 heterocycles. The minimum atomic E-state index is 0.157. The van der Waals surface area contributed by atoms with Gasteiger partial charge in [-0.15, -0.1) is 10.2 Å². The van der Waals surface area contributed by atoms with E-state index in [9.17, 15) is 5.11 Å². The molecule has 0 saturated heterocycles. The van der Waals surface area contributed by atoms with Crippen LogP contribution >= 0.6 is 47.8 Å². The summed E-state index contributed by atoms with van der Waals surface area (Å²) in [7, 11) is 0. The molecule has 0 radical (unpaired) electrons. The second-order valence-corrected chi connectivity index (χ2v) is 7.89. The van der Waals surface area contributed by atoms with Crippen molar-refractivity contribution < 1.29 is 9.84 Å². The van der Waals surface area contributed by atoms with Crippen LogP contribution < -0.4 is 4.74 Å². The minimum Gasteiger partial charge on any atom is -0.506 e. The smallest absolute Gasteiger partial charge is 0.233 e. The molecule has 0 atom stereocenters. The van der Waals surface area contributed by atoms with E-state index in [2.05, 4.69) is 70.1 Å². The van der Waals surface area contributed by atoms with Crippen LogP contribution in [0.25, 0.3) is 11.3 Å². The van der Waals surface area contributed by atoms with Crippen LogP contribution in [-0.2, 0) is 6.42 Å². The van der Waals surface area contributed by atoms with Crippen LogP contribution in [0.5, 0.6) is 11.6 Å². The number of benzene rings is 2. The van der Waals surface area contributed by atoms with Crippen molar-refractivity contribution in [1.29, 1.82) is 0 Å². The summed E-state index contributed by atoms with van der Waals surface area (Å²) in [6.07, 6.45) is 0.800. The molecule has 0 aliphatic heterocycles. The molecule has 0 aliphatic rings. The molecule has 7 heteroatoms. The fourth-order valence-electron chi connectivity index (χ4n) is 2.19. The lowest BCUT2D eigenvalue weighted by molar-refractivity contribution is 0.306. The zero-order valence-electron chi connectivity index (χ0n) is 12.9. The van der Waals surface area contributed by atoms with Crippen molar-refractivity contribution in [3.8, 4) is 22.9 Å². The molecule has 0 amide bonds. The number of aromatic hydroxyl groups is 1. The van der Waals surface area contributed by atoms with Crippen LogP contribution in [0.1, 0.15) is 5.56 Å². The zero-order valence-corrected chi connectivity index (χ0v) is 17.7. The highest BCUT2D eigenvalue weighted by Crippen LogP contribution is 2.36. The number of phenolic OH excluding ortho intramolecular Hbond substituents is 1. The molecule has 0 spiro atoms. The van der Waals surface area contributed by atoms with Crippen molar-refractivity contribution in [3.05, 3.63) is 67.5 Å². The Kier molecular flexibility index (Phi) is 6.09. The summed E-state index contributed by atoms with van der Waals surface area (Å²) in [6, 6.07) is 15.4. The van der Waals surface area contributed by atoms with Gasteiger partial charge in [-0.2, -0.15) is 0 Å². The Morgan fingerprint density at radius 2 is 1.56 bits per heavy atom. The van der Waals surface area contributed by atoms with Gasteiger partial charge in [0.1, 0.15) is 5.75 Å². The predicted molar refractivity (Wildman–Crippen MR) is 108 cm³/mol. The van der Waals surface area contributed by atoms with Gasteiger partial charge in [-0.25, -0.2) is 0 Å². The van der Waals surface area contributed by atoms with E-state index in [-0.39, 0.29) is 5.75 Å². The second-order valence-electron chi connectivity index (χ2n) is 5.27. The third-order valence-electron chi connectivity index (χ3n) is 3.51. The molecule has 1 aromatic heterocycles. The minimum absolute atomic E-state index is 0.157. The first-order valence-electron chi connectivity index (χ1n) is 7.42. The maximum Gasteiger partial charge on any atom is 0.233 e. The molecule has 4 nitrogen and oxygen atoms in total. The Balaban J connectivity index is 1.63. The third kappa shape index (κ3) is 4.80. The Morgan fingerprint density at radius 3 is 2.16 bits per heavy atom. The molecule has 0 aliphatic carbocycles. The lowest BCUT2D eigenvalue weighted by Crippen LogP contribution is -2.03. The molecule has 25 heavy (non-hydrogen) atoms. The number of hydrogen-bond donors (Lipinski definition) is 1. The summed E-state index contributed by atoms with van der Waals surface area (Å²) in [5.74, 6) is 0.641. The van der Waals surface area contributed by atoms with Gasteiger partial charge in [0.15, 0.2) is 0 Å². The molecule has 128 valence electrons. The van der Waals surface area contributed by atoms with Crippen molar-refractivity contribution in [2.24, 2.45) is 0 Å². The van der Waals surface area contributed by atoms with Gasteiger partial charge in [0.2, 0.25) is 5.88 Å². The van der Waals surface area contributed by atoms with Gasteiger partial charge in [-0.1, -0.05) is 28.1 Å². The molecule has 0 saturated carbocycles. The molecule has 0 unspecified atom stereocenters. The number of nitrogens with zero attached hydrogens (tertiary/aromatic N) is 2. The molecular formula is C18H13Br3N2O2. The van der Waals surface area contributed by atoms with Crippen LogP contribution in [0.2, 0.25) is 0 Å². The summed E-state index contributed by atoms with van der Waals surface area (Å²) in [5.41, 5.74) is 2.73. The maximum absolute atomic E-state index is 9.78. The van der Waals surface area contributed by atoms with Crippen molar-refractivity contribution in [2.75, 3.05) is 6.61 Å². The number of ether oxygens (including phenoxy) is 1. The van der Waals surface area contributed by atoms with Crippen LogP contribution in [0, 0.1) is 0 Å². The Hall–Kier alpha value is -1.44. The summed E-state index contributed by atoms with van der Waals surface area (Å²) < 4.78 is 7.90. The topological polar surface area (TPSA) is 55.2 Å². The van der Waals surface area contributed by atoms with Crippen molar-refractivity contribution in [2.45, 2.75) is 6.42 Å². The normalized spacial score (nSPS) is 10.7. The number of halogens is 3. The molecule has 3 aromatic rings. The number of rotatable bonds is 5. The average molecular weight is 529 g/mol. The number of hydrogen-bond acceptors (Lipinski definition) is 4. The predicted octanol–water partition coefficient (Wildman–Crippen LogP) is 5.76. The van der Waals surface area contributed by atoms with E-state index in [0.29, 0.717) is 27.1 Å². The fourth-order valence-corrected chi connectivity index (χ4v) is 3.64. The monoisotopic (exact) mass is 526 g/mol. The molecule has 0 bridgehead atoms. The Morgan fingerprint density at radius 1 is 0.880 bits per heavy atom. The van der Waals surface area contributed by atoms with Crippen LogP contribution in [0.15, 0.2) is 61.9 Å². The zero-order chi connectivity index (χ0) is 17.8. The van der Waals surface area contributed by atoms with E-state index >= 15 is 0 Å². The van der Waals surface area contributed by atoms with Gasteiger partial charge < -0.3 is 9.84 Å². The first-order valence-corrected chi connectivity index (χ1v) is 9.80. The van der Waals surface area contributed by atoms with Gasteiger partial charge in [-0.3, -0.25) is 0 Å². The molecule has 3 rings (SSSR count). The third-order valence-corrected chi connectivity index (χ3v) is 5.24. The molecule has 0 fully saturated rings. The number of aromatic nitrogens is 2. The Bertz CT molecular complexity index is 845. The molecular weight excluding hydrogens is 516 g/mol.